The van der Waals surface area contributed by atoms with Gasteiger partial charge in [0.1, 0.15) is 48.8 Å². The molecule has 8 N–H and O–H groups in total. The normalized spacial score (nSPS) is 51.7. The van der Waals surface area contributed by atoms with Crippen molar-refractivity contribution in [3.63, 3.8) is 0 Å². The van der Waals surface area contributed by atoms with Crippen LogP contribution in [0.5, 0.6) is 0 Å². The van der Waals surface area contributed by atoms with Gasteiger partial charge in [-0.15, -0.1) is 0 Å². The second kappa shape index (κ2) is 7.63. The zero-order valence-electron chi connectivity index (χ0n) is 12.0. The number of ether oxygens (including phenoxy) is 3. The monoisotopic (exact) mass is 342 g/mol. The lowest BCUT2D eigenvalue weighted by Gasteiger charge is -2.45. The van der Waals surface area contributed by atoms with Crippen LogP contribution in [0.1, 0.15) is 0 Å². The second-order valence-corrected chi connectivity index (χ2v) is 5.53. The molecule has 2 fully saturated rings. The predicted octanol–water partition coefficient (Wildman–Crippen LogP) is -5.40. The molecular weight excluding hydrogens is 320 g/mol. The molecular formula is C12H22O11. The molecule has 0 spiro atoms. The number of hydrogen-bond acceptors (Lipinski definition) is 11. The Morgan fingerprint density at radius 3 is 1.78 bits per heavy atom. The van der Waals surface area contributed by atoms with Crippen LogP contribution in [0.15, 0.2) is 0 Å². The fourth-order valence-electron chi connectivity index (χ4n) is 2.56. The summed E-state index contributed by atoms with van der Waals surface area (Å²) in [5.74, 6) is 0. The summed E-state index contributed by atoms with van der Waals surface area (Å²) in [7, 11) is 0. The van der Waals surface area contributed by atoms with E-state index in [0.717, 1.165) is 0 Å². The van der Waals surface area contributed by atoms with E-state index in [9.17, 15) is 30.6 Å². The molecule has 2 heterocycles. The van der Waals surface area contributed by atoms with E-state index in [4.69, 9.17) is 24.4 Å². The van der Waals surface area contributed by atoms with Crippen LogP contribution < -0.4 is 0 Å². The summed E-state index contributed by atoms with van der Waals surface area (Å²) in [5.41, 5.74) is 0. The average Bonchev–Trinajstić information content (AvgIpc) is 2.54. The Hall–Kier alpha value is -0.440. The van der Waals surface area contributed by atoms with E-state index in [1.165, 1.54) is 0 Å². The van der Waals surface area contributed by atoms with Crippen LogP contribution in [0, 0.1) is 0 Å². The zero-order chi connectivity index (χ0) is 17.3. The molecule has 0 aromatic carbocycles. The smallest absolute Gasteiger partial charge is 0.187 e. The van der Waals surface area contributed by atoms with E-state index in [1.54, 1.807) is 0 Å². The van der Waals surface area contributed by atoms with Crippen LogP contribution in [-0.2, 0) is 14.2 Å². The van der Waals surface area contributed by atoms with E-state index in [2.05, 4.69) is 0 Å². The van der Waals surface area contributed by atoms with Gasteiger partial charge in [0.25, 0.3) is 0 Å². The number of hydrogen-bond donors (Lipinski definition) is 8. The van der Waals surface area contributed by atoms with Crippen molar-refractivity contribution in [3.05, 3.63) is 0 Å². The fraction of sp³-hybridized carbons (Fsp3) is 1.00. The topological polar surface area (TPSA) is 190 Å². The van der Waals surface area contributed by atoms with Crippen molar-refractivity contribution in [3.8, 4) is 0 Å². The van der Waals surface area contributed by atoms with E-state index in [-0.39, 0.29) is 0 Å². The molecule has 23 heavy (non-hydrogen) atoms. The molecule has 2 aliphatic rings. The van der Waals surface area contributed by atoms with E-state index >= 15 is 0 Å². The Bertz CT molecular complexity index is 380. The highest BCUT2D eigenvalue weighted by Gasteiger charge is 2.50. The lowest BCUT2D eigenvalue weighted by Crippen LogP contribution is -2.64. The van der Waals surface area contributed by atoms with Crippen LogP contribution >= 0.6 is 0 Å². The van der Waals surface area contributed by atoms with Gasteiger partial charge in [-0.1, -0.05) is 0 Å². The first-order valence-electron chi connectivity index (χ1n) is 7.08. The van der Waals surface area contributed by atoms with Crippen LogP contribution in [0.4, 0.5) is 0 Å². The Morgan fingerprint density at radius 1 is 0.652 bits per heavy atom. The van der Waals surface area contributed by atoms with Gasteiger partial charge in [0.05, 0.1) is 13.2 Å². The van der Waals surface area contributed by atoms with Crippen molar-refractivity contribution >= 4 is 0 Å². The Labute approximate surface area is 130 Å². The molecule has 2 rings (SSSR count). The molecule has 11 heteroatoms. The molecule has 0 amide bonds. The Balaban J connectivity index is 2.11. The van der Waals surface area contributed by atoms with Gasteiger partial charge in [-0.3, -0.25) is 0 Å². The lowest BCUT2D eigenvalue weighted by atomic mass is 9.97. The van der Waals surface area contributed by atoms with Crippen molar-refractivity contribution in [1.82, 2.24) is 0 Å². The van der Waals surface area contributed by atoms with Crippen LogP contribution in [-0.4, -0.2) is 115 Å². The van der Waals surface area contributed by atoms with Gasteiger partial charge in [0, 0.05) is 0 Å². The summed E-state index contributed by atoms with van der Waals surface area (Å²) in [4.78, 5) is 0. The van der Waals surface area contributed by atoms with Crippen LogP contribution in [0.3, 0.4) is 0 Å². The minimum atomic E-state index is -1.76. The average molecular weight is 342 g/mol. The molecule has 0 bridgehead atoms. The van der Waals surface area contributed by atoms with E-state index in [0.29, 0.717) is 0 Å². The maximum Gasteiger partial charge on any atom is 0.187 e. The first-order chi connectivity index (χ1) is 10.8. The third-order valence-electron chi connectivity index (χ3n) is 3.98. The summed E-state index contributed by atoms with van der Waals surface area (Å²) >= 11 is 0. The second-order valence-electron chi connectivity index (χ2n) is 5.53. The SMILES string of the molecule is OCC1O[C@@H](OC2C(O)[C@H](O)OC(CO)[C@H]2O)C(O)C(O)[C@@H]1O. The third-order valence-corrected chi connectivity index (χ3v) is 3.98. The van der Waals surface area contributed by atoms with Crippen LogP contribution in [0.25, 0.3) is 0 Å². The highest BCUT2D eigenvalue weighted by Crippen LogP contribution is 2.28. The highest BCUT2D eigenvalue weighted by atomic mass is 16.7. The van der Waals surface area contributed by atoms with E-state index < -0.39 is 74.6 Å². The van der Waals surface area contributed by atoms with Gasteiger partial charge in [-0.25, -0.2) is 0 Å². The Morgan fingerprint density at radius 2 is 1.22 bits per heavy atom. The molecule has 2 aliphatic heterocycles. The van der Waals surface area contributed by atoms with Crippen molar-refractivity contribution in [1.29, 1.82) is 0 Å². The minimum absolute atomic E-state index is 0.667. The van der Waals surface area contributed by atoms with E-state index in [1.807, 2.05) is 0 Å². The number of aliphatic hydroxyl groups is 8. The quantitative estimate of drug-likeness (QED) is 0.243. The van der Waals surface area contributed by atoms with Crippen molar-refractivity contribution in [2.24, 2.45) is 0 Å². The van der Waals surface area contributed by atoms with Crippen molar-refractivity contribution < 1.29 is 55.1 Å². The van der Waals surface area contributed by atoms with Gasteiger partial charge in [0.15, 0.2) is 12.6 Å². The molecule has 2 saturated heterocycles. The fourth-order valence-corrected chi connectivity index (χ4v) is 2.56. The third kappa shape index (κ3) is 3.65. The maximum atomic E-state index is 10.00. The van der Waals surface area contributed by atoms with Crippen molar-refractivity contribution in [2.75, 3.05) is 13.2 Å². The summed E-state index contributed by atoms with van der Waals surface area (Å²) in [6.07, 6.45) is -15.7. The van der Waals surface area contributed by atoms with Crippen LogP contribution in [0.2, 0.25) is 0 Å². The first-order valence-corrected chi connectivity index (χ1v) is 7.08. The first kappa shape index (κ1) is 18.9. The molecule has 0 aliphatic carbocycles. The molecule has 11 nitrogen and oxygen atoms in total. The molecule has 6 unspecified atom stereocenters. The summed E-state index contributed by atoms with van der Waals surface area (Å²) in [5, 5.41) is 76.8. The predicted molar refractivity (Wildman–Crippen MR) is 68.6 cm³/mol. The number of rotatable bonds is 4. The van der Waals surface area contributed by atoms with Gasteiger partial charge in [-0.05, 0) is 0 Å². The zero-order valence-corrected chi connectivity index (χ0v) is 12.0. The standard InChI is InChI=1S/C12H22O11/c13-1-3-5(15)7(17)8(18)12(22-3)23-10-6(16)4(2-14)21-11(20)9(10)19/h3-20H,1-2H2/t3?,4?,5-,6-,7?,8?,9?,10?,11-,12+/m1/s1. The largest absolute Gasteiger partial charge is 0.394 e. The van der Waals surface area contributed by atoms with Crippen molar-refractivity contribution in [2.45, 2.75) is 61.4 Å². The minimum Gasteiger partial charge on any atom is -0.394 e. The van der Waals surface area contributed by atoms with Gasteiger partial charge >= 0.3 is 0 Å². The molecule has 0 saturated carbocycles. The molecule has 0 radical (unpaired) electrons. The molecule has 136 valence electrons. The van der Waals surface area contributed by atoms with Gasteiger partial charge in [0.2, 0.25) is 0 Å². The highest BCUT2D eigenvalue weighted by molar-refractivity contribution is 4.93. The van der Waals surface area contributed by atoms with Gasteiger partial charge in [-0.2, -0.15) is 0 Å². The lowest BCUT2D eigenvalue weighted by molar-refractivity contribution is -0.355. The number of aliphatic hydroxyl groups excluding tert-OH is 8. The molecule has 10 atom stereocenters. The Kier molecular flexibility index (Phi) is 6.27. The molecule has 0 aromatic heterocycles. The summed E-state index contributed by atoms with van der Waals surface area (Å²) < 4.78 is 15.1. The molecule has 0 aromatic rings. The summed E-state index contributed by atoms with van der Waals surface area (Å²) in [6, 6.07) is 0. The van der Waals surface area contributed by atoms with Gasteiger partial charge < -0.3 is 55.1 Å². The summed E-state index contributed by atoms with van der Waals surface area (Å²) in [6.45, 7) is -1.34. The maximum absolute atomic E-state index is 10.00.